The number of hydrogen-bond donors (Lipinski definition) is 1. The fourth-order valence-corrected chi connectivity index (χ4v) is 3.57. The molecule has 2 aliphatic heterocycles. The van der Waals surface area contributed by atoms with Crippen LogP contribution in [0.5, 0.6) is 0 Å². The lowest BCUT2D eigenvalue weighted by atomic mass is 10.0. The van der Waals surface area contributed by atoms with Gasteiger partial charge in [0.05, 0.1) is 0 Å². The number of nitrogens with zero attached hydrogens (tertiary/aromatic N) is 1. The van der Waals surface area contributed by atoms with E-state index in [1.807, 2.05) is 12.1 Å². The molecule has 98 valence electrons. The van der Waals surface area contributed by atoms with Crippen LogP contribution in [0.15, 0.2) is 24.3 Å². The number of hydrogen-bond acceptors (Lipinski definition) is 2. The number of fused-ring (bicyclic) bond motifs is 1. The van der Waals surface area contributed by atoms with E-state index in [0.29, 0.717) is 0 Å². The third-order valence-electron chi connectivity index (χ3n) is 4.51. The molecule has 2 saturated heterocycles. The summed E-state index contributed by atoms with van der Waals surface area (Å²) in [5.41, 5.74) is 0.868. The number of benzene rings is 1. The second-order valence-corrected chi connectivity index (χ2v) is 5.58. The van der Waals surface area contributed by atoms with Gasteiger partial charge < -0.3 is 5.32 Å². The predicted molar refractivity (Wildman–Crippen MR) is 70.9 cm³/mol. The second kappa shape index (κ2) is 4.98. The van der Waals surface area contributed by atoms with Gasteiger partial charge in [0.15, 0.2) is 0 Å². The molecule has 2 nitrogen and oxygen atoms in total. The molecule has 1 N–H and O–H groups in total. The molecule has 0 aliphatic carbocycles. The molecular weight excluding hydrogens is 227 g/mol. The van der Waals surface area contributed by atoms with Crippen LogP contribution < -0.4 is 5.32 Å². The molecule has 3 heteroatoms. The lowest BCUT2D eigenvalue weighted by molar-refractivity contribution is 0.218. The van der Waals surface area contributed by atoms with Gasteiger partial charge in [-0.05, 0) is 37.4 Å². The van der Waals surface area contributed by atoms with Crippen LogP contribution in [0.2, 0.25) is 0 Å². The normalized spacial score (nSPS) is 29.4. The van der Waals surface area contributed by atoms with Crippen molar-refractivity contribution >= 4 is 0 Å². The third kappa shape index (κ3) is 2.06. The van der Waals surface area contributed by atoms with E-state index in [2.05, 4.69) is 17.1 Å². The van der Waals surface area contributed by atoms with Gasteiger partial charge in [0.25, 0.3) is 0 Å². The summed E-state index contributed by atoms with van der Waals surface area (Å²) in [6.07, 6.45) is 0.980. The fourth-order valence-electron chi connectivity index (χ4n) is 3.57. The first-order valence-corrected chi connectivity index (χ1v) is 6.98. The van der Waals surface area contributed by atoms with E-state index >= 15 is 0 Å². The van der Waals surface area contributed by atoms with E-state index in [9.17, 15) is 4.39 Å². The van der Waals surface area contributed by atoms with E-state index in [1.54, 1.807) is 12.1 Å². The Hall–Kier alpha value is -0.930. The molecule has 2 fully saturated rings. The summed E-state index contributed by atoms with van der Waals surface area (Å²) in [7, 11) is 0. The summed E-state index contributed by atoms with van der Waals surface area (Å²) >= 11 is 0. The Morgan fingerprint density at radius 3 is 2.56 bits per heavy atom. The summed E-state index contributed by atoms with van der Waals surface area (Å²) < 4.78 is 13.9. The number of nitrogens with one attached hydrogen (secondary N) is 1. The molecule has 0 aromatic heterocycles. The van der Waals surface area contributed by atoms with Gasteiger partial charge >= 0.3 is 0 Å². The van der Waals surface area contributed by atoms with E-state index in [-0.39, 0.29) is 11.9 Å². The Morgan fingerprint density at radius 1 is 1.28 bits per heavy atom. The highest BCUT2D eigenvalue weighted by molar-refractivity contribution is 5.21. The van der Waals surface area contributed by atoms with E-state index < -0.39 is 0 Å². The molecule has 0 bridgehead atoms. The molecule has 18 heavy (non-hydrogen) atoms. The second-order valence-electron chi connectivity index (χ2n) is 5.58. The van der Waals surface area contributed by atoms with Crippen LogP contribution in [0.3, 0.4) is 0 Å². The molecule has 0 spiro atoms. The average Bonchev–Trinajstić information content (AvgIpc) is 2.93. The van der Waals surface area contributed by atoms with Gasteiger partial charge in [-0.1, -0.05) is 25.1 Å². The molecule has 3 rings (SSSR count). The standard InChI is InChI=1S/C15H21FN2/c1-2-15(13-5-3-4-6-14(13)16)18-9-11-7-17-8-12(11)10-18/h3-6,11-12,15,17H,2,7-10H2,1H3. The Morgan fingerprint density at radius 2 is 1.94 bits per heavy atom. The molecule has 3 unspecified atom stereocenters. The topological polar surface area (TPSA) is 15.3 Å². The number of rotatable bonds is 3. The third-order valence-corrected chi connectivity index (χ3v) is 4.51. The zero-order valence-corrected chi connectivity index (χ0v) is 10.9. The Bertz CT molecular complexity index is 409. The van der Waals surface area contributed by atoms with Crippen molar-refractivity contribution in [2.75, 3.05) is 26.2 Å². The zero-order chi connectivity index (χ0) is 12.5. The quantitative estimate of drug-likeness (QED) is 0.884. The van der Waals surface area contributed by atoms with Gasteiger partial charge in [0, 0.05) is 24.7 Å². The highest BCUT2D eigenvalue weighted by Gasteiger charge is 2.38. The first-order chi connectivity index (χ1) is 8.79. The molecule has 2 heterocycles. The van der Waals surface area contributed by atoms with E-state index in [1.165, 1.54) is 0 Å². The van der Waals surface area contributed by atoms with Crippen molar-refractivity contribution in [2.24, 2.45) is 11.8 Å². The molecule has 3 atom stereocenters. The summed E-state index contributed by atoms with van der Waals surface area (Å²) in [4.78, 5) is 2.48. The number of halogens is 1. The van der Waals surface area contributed by atoms with Crippen LogP contribution in [0.1, 0.15) is 24.9 Å². The van der Waals surface area contributed by atoms with Crippen molar-refractivity contribution in [3.63, 3.8) is 0 Å². The van der Waals surface area contributed by atoms with Gasteiger partial charge in [-0.3, -0.25) is 4.90 Å². The summed E-state index contributed by atoms with van der Waals surface area (Å²) in [6, 6.07) is 7.48. The van der Waals surface area contributed by atoms with E-state index in [0.717, 1.165) is 50.0 Å². The largest absolute Gasteiger partial charge is 0.316 e. The molecule has 0 radical (unpaired) electrons. The maximum absolute atomic E-state index is 13.9. The zero-order valence-electron chi connectivity index (χ0n) is 10.9. The Balaban J connectivity index is 1.79. The molecule has 0 saturated carbocycles. The van der Waals surface area contributed by atoms with E-state index in [4.69, 9.17) is 0 Å². The average molecular weight is 248 g/mol. The van der Waals surface area contributed by atoms with Crippen molar-refractivity contribution in [3.05, 3.63) is 35.6 Å². The molecular formula is C15H21FN2. The maximum atomic E-state index is 13.9. The minimum absolute atomic E-state index is 0.0560. The lowest BCUT2D eigenvalue weighted by Crippen LogP contribution is -2.30. The summed E-state index contributed by atoms with van der Waals surface area (Å²) in [5.74, 6) is 1.48. The predicted octanol–water partition coefficient (Wildman–Crippen LogP) is 2.43. The van der Waals surface area contributed by atoms with Crippen LogP contribution in [-0.4, -0.2) is 31.1 Å². The van der Waals surface area contributed by atoms with Crippen LogP contribution in [-0.2, 0) is 0 Å². The Labute approximate surface area is 108 Å². The van der Waals surface area contributed by atoms with Crippen molar-refractivity contribution < 1.29 is 4.39 Å². The smallest absolute Gasteiger partial charge is 0.127 e. The summed E-state index contributed by atoms with van der Waals surface area (Å²) in [5, 5.41) is 3.45. The van der Waals surface area contributed by atoms with Crippen molar-refractivity contribution in [1.82, 2.24) is 10.2 Å². The highest BCUT2D eigenvalue weighted by Crippen LogP contribution is 2.35. The SMILES string of the molecule is CCC(c1ccccc1F)N1CC2CNCC2C1. The molecule has 1 aromatic rings. The highest BCUT2D eigenvalue weighted by atomic mass is 19.1. The van der Waals surface area contributed by atoms with Crippen LogP contribution >= 0.6 is 0 Å². The van der Waals surface area contributed by atoms with Crippen LogP contribution in [0, 0.1) is 17.7 Å². The van der Waals surface area contributed by atoms with Crippen LogP contribution in [0.25, 0.3) is 0 Å². The monoisotopic (exact) mass is 248 g/mol. The maximum Gasteiger partial charge on any atom is 0.127 e. The van der Waals surface area contributed by atoms with Crippen molar-refractivity contribution in [2.45, 2.75) is 19.4 Å². The summed E-state index contributed by atoms with van der Waals surface area (Å²) in [6.45, 7) is 6.65. The molecule has 1 aromatic carbocycles. The Kier molecular flexibility index (Phi) is 3.35. The minimum Gasteiger partial charge on any atom is -0.316 e. The van der Waals surface area contributed by atoms with Gasteiger partial charge in [0.1, 0.15) is 5.82 Å². The van der Waals surface area contributed by atoms with Gasteiger partial charge in [0.2, 0.25) is 0 Å². The minimum atomic E-state index is -0.0560. The van der Waals surface area contributed by atoms with Crippen molar-refractivity contribution in [1.29, 1.82) is 0 Å². The van der Waals surface area contributed by atoms with Gasteiger partial charge in [-0.25, -0.2) is 4.39 Å². The van der Waals surface area contributed by atoms with Gasteiger partial charge in [-0.15, -0.1) is 0 Å². The first kappa shape index (κ1) is 12.1. The molecule has 0 amide bonds. The first-order valence-electron chi connectivity index (χ1n) is 6.98. The van der Waals surface area contributed by atoms with Gasteiger partial charge in [-0.2, -0.15) is 0 Å². The number of likely N-dealkylation sites (tertiary alicyclic amines) is 1. The van der Waals surface area contributed by atoms with Crippen LogP contribution in [0.4, 0.5) is 4.39 Å². The lowest BCUT2D eigenvalue weighted by Gasteiger charge is -2.28. The fraction of sp³-hybridized carbons (Fsp3) is 0.600. The molecule has 2 aliphatic rings. The van der Waals surface area contributed by atoms with Crippen molar-refractivity contribution in [3.8, 4) is 0 Å².